The molecule has 0 bridgehead atoms. The van der Waals surface area contributed by atoms with Crippen molar-refractivity contribution in [3.8, 4) is 0 Å². The molecule has 0 aliphatic carbocycles. The molecule has 1 heterocycles. The van der Waals surface area contributed by atoms with Gasteiger partial charge in [-0.2, -0.15) is 0 Å². The van der Waals surface area contributed by atoms with E-state index < -0.39 is 0 Å². The summed E-state index contributed by atoms with van der Waals surface area (Å²) in [6.45, 7) is 3.68. The number of Topliss-reactive ketones (excluding diaryl/α,β-unsaturated/α-hetero) is 1. The van der Waals surface area contributed by atoms with Crippen molar-refractivity contribution in [1.29, 1.82) is 0 Å². The van der Waals surface area contributed by atoms with E-state index in [-0.39, 0.29) is 5.78 Å². The summed E-state index contributed by atoms with van der Waals surface area (Å²) in [5, 5.41) is 1.79. The maximum atomic E-state index is 11.2. The van der Waals surface area contributed by atoms with E-state index in [4.69, 9.17) is 0 Å². The quantitative estimate of drug-likeness (QED) is 0.419. The lowest BCUT2D eigenvalue weighted by Gasteiger charge is -2.23. The molecule has 0 atom stereocenters. The molecule has 0 N–H and O–H groups in total. The van der Waals surface area contributed by atoms with E-state index in [0.717, 1.165) is 13.1 Å². The number of hydrogen-bond acceptors (Lipinski definition) is 3. The van der Waals surface area contributed by atoms with Gasteiger partial charge in [-0.3, -0.25) is 4.79 Å². The van der Waals surface area contributed by atoms with Crippen molar-refractivity contribution in [3.05, 3.63) is 11.1 Å². The Balaban J connectivity index is 2.52. The van der Waals surface area contributed by atoms with Gasteiger partial charge in [-0.25, -0.2) is 4.99 Å². The Hall–Kier alpha value is -0.770. The summed E-state index contributed by atoms with van der Waals surface area (Å²) in [5.74, 6) is 0.0256. The molecule has 1 aliphatic rings. The van der Waals surface area contributed by atoms with Crippen LogP contribution in [0.25, 0.3) is 0 Å². The second-order valence-corrected chi connectivity index (χ2v) is 4.34. The van der Waals surface area contributed by atoms with E-state index >= 15 is 0 Å². The van der Waals surface area contributed by atoms with Crippen LogP contribution in [0, 0.1) is 0 Å². The maximum Gasteiger partial charge on any atom is 0.178 e. The third-order valence-corrected chi connectivity index (χ3v) is 2.80. The minimum absolute atomic E-state index is 0.0256. The fourth-order valence-corrected chi connectivity index (χ4v) is 1.94. The lowest BCUT2D eigenvalue weighted by molar-refractivity contribution is -0.113. The molecular weight excluding hydrogens is 208 g/mol. The number of piperidine rings is 1. The average Bonchev–Trinajstić information content (AvgIpc) is 2.25. The molecule has 0 radical (unpaired) electrons. The number of nitrogens with zero attached hydrogens (tertiary/aromatic N) is 2. The van der Waals surface area contributed by atoms with Gasteiger partial charge in [0, 0.05) is 25.4 Å². The molecule has 15 heavy (non-hydrogen) atoms. The number of aliphatic imine (C=N–C) groups is 1. The first-order chi connectivity index (χ1) is 7.24. The van der Waals surface area contributed by atoms with Gasteiger partial charge < -0.3 is 4.90 Å². The lowest BCUT2D eigenvalue weighted by atomic mass is 10.1. The molecule has 3 nitrogen and oxygen atoms in total. The fraction of sp³-hybridized carbons (Fsp3) is 0.636. The van der Waals surface area contributed by atoms with E-state index in [1.807, 2.05) is 12.6 Å². The lowest BCUT2D eigenvalue weighted by Crippen LogP contribution is -2.28. The topological polar surface area (TPSA) is 32.7 Å². The molecule has 0 aromatic rings. The van der Waals surface area contributed by atoms with Gasteiger partial charge in [0.25, 0.3) is 0 Å². The minimum Gasteiger partial charge on any atom is -0.363 e. The van der Waals surface area contributed by atoms with Gasteiger partial charge in [-0.15, -0.1) is 11.8 Å². The number of carbonyl (C=O) groups is 1. The standard InChI is InChI=1S/C11H18N2OS/c1-10(14)11(8-15-2)12-9-13-6-4-3-5-7-13/h8-9H,3-7H2,1-2H3/b11-8-,12-9?. The van der Waals surface area contributed by atoms with E-state index in [9.17, 15) is 4.79 Å². The second kappa shape index (κ2) is 6.67. The monoisotopic (exact) mass is 226 g/mol. The number of thioether (sulfide) groups is 1. The molecule has 0 aromatic carbocycles. The summed E-state index contributed by atoms with van der Waals surface area (Å²) in [4.78, 5) is 17.6. The van der Waals surface area contributed by atoms with Gasteiger partial charge in [0.1, 0.15) is 5.70 Å². The number of allylic oxidation sites excluding steroid dienone is 1. The molecule has 1 aliphatic heterocycles. The van der Waals surface area contributed by atoms with Crippen LogP contribution in [0.2, 0.25) is 0 Å². The van der Waals surface area contributed by atoms with Crippen LogP contribution in [0.15, 0.2) is 16.1 Å². The van der Waals surface area contributed by atoms with Crippen molar-refractivity contribution in [1.82, 2.24) is 4.90 Å². The number of likely N-dealkylation sites (tertiary alicyclic amines) is 1. The molecule has 0 aromatic heterocycles. The highest BCUT2D eigenvalue weighted by atomic mass is 32.2. The fourth-order valence-electron chi connectivity index (χ4n) is 1.49. The van der Waals surface area contributed by atoms with Gasteiger partial charge in [0.05, 0.1) is 6.34 Å². The van der Waals surface area contributed by atoms with Crippen molar-refractivity contribution >= 4 is 23.9 Å². The Bertz CT molecular complexity index is 268. The molecule has 1 fully saturated rings. The number of hydrogen-bond donors (Lipinski definition) is 0. The van der Waals surface area contributed by atoms with Gasteiger partial charge in [0.2, 0.25) is 0 Å². The molecule has 0 unspecified atom stereocenters. The Kier molecular flexibility index (Phi) is 5.47. The molecular formula is C11H18N2OS. The molecule has 0 amide bonds. The highest BCUT2D eigenvalue weighted by Gasteiger charge is 2.06. The van der Waals surface area contributed by atoms with E-state index in [2.05, 4.69) is 9.89 Å². The van der Waals surface area contributed by atoms with Gasteiger partial charge in [-0.05, 0) is 25.5 Å². The summed E-state index contributed by atoms with van der Waals surface area (Å²) in [5.41, 5.74) is 0.549. The number of carbonyl (C=O) groups excluding carboxylic acids is 1. The van der Waals surface area contributed by atoms with E-state index in [1.165, 1.54) is 31.0 Å². The van der Waals surface area contributed by atoms with Crippen molar-refractivity contribution in [2.24, 2.45) is 4.99 Å². The molecule has 1 saturated heterocycles. The maximum absolute atomic E-state index is 11.2. The van der Waals surface area contributed by atoms with Crippen LogP contribution in [-0.2, 0) is 4.79 Å². The third-order valence-electron chi connectivity index (χ3n) is 2.34. The summed E-state index contributed by atoms with van der Waals surface area (Å²) >= 11 is 1.51. The zero-order valence-electron chi connectivity index (χ0n) is 9.40. The first-order valence-electron chi connectivity index (χ1n) is 5.26. The van der Waals surface area contributed by atoms with E-state index in [1.54, 1.807) is 12.3 Å². The normalized spacial score (nSPS) is 18.5. The Labute approximate surface area is 95.6 Å². The molecule has 1 rings (SSSR count). The smallest absolute Gasteiger partial charge is 0.178 e. The average molecular weight is 226 g/mol. The third kappa shape index (κ3) is 4.51. The molecule has 0 spiro atoms. The summed E-state index contributed by atoms with van der Waals surface area (Å²) in [7, 11) is 0. The SMILES string of the molecule is CS/C=C(\N=CN1CCCCC1)C(C)=O. The highest BCUT2D eigenvalue weighted by molar-refractivity contribution is 8.01. The Morgan fingerprint density at radius 1 is 1.33 bits per heavy atom. The molecule has 84 valence electrons. The van der Waals surface area contributed by atoms with Crippen molar-refractivity contribution < 1.29 is 4.79 Å². The number of ketones is 1. The van der Waals surface area contributed by atoms with Crippen molar-refractivity contribution in [2.75, 3.05) is 19.3 Å². The van der Waals surface area contributed by atoms with Crippen LogP contribution in [0.4, 0.5) is 0 Å². The van der Waals surface area contributed by atoms with Gasteiger partial charge in [0.15, 0.2) is 5.78 Å². The van der Waals surface area contributed by atoms with Gasteiger partial charge >= 0.3 is 0 Å². The minimum atomic E-state index is 0.0256. The first-order valence-corrected chi connectivity index (χ1v) is 6.55. The predicted molar refractivity (Wildman–Crippen MR) is 66.2 cm³/mol. The Morgan fingerprint density at radius 2 is 2.00 bits per heavy atom. The highest BCUT2D eigenvalue weighted by Crippen LogP contribution is 2.09. The van der Waals surface area contributed by atoms with Gasteiger partial charge in [-0.1, -0.05) is 0 Å². The van der Waals surface area contributed by atoms with Crippen LogP contribution in [0.1, 0.15) is 26.2 Å². The predicted octanol–water partition coefficient (Wildman–Crippen LogP) is 2.29. The largest absolute Gasteiger partial charge is 0.363 e. The van der Waals surface area contributed by atoms with Crippen LogP contribution < -0.4 is 0 Å². The zero-order chi connectivity index (χ0) is 11.1. The van der Waals surface area contributed by atoms with Crippen LogP contribution in [0.5, 0.6) is 0 Å². The van der Waals surface area contributed by atoms with Crippen molar-refractivity contribution in [3.63, 3.8) is 0 Å². The molecule has 4 heteroatoms. The van der Waals surface area contributed by atoms with Crippen LogP contribution in [-0.4, -0.2) is 36.4 Å². The zero-order valence-corrected chi connectivity index (χ0v) is 10.2. The summed E-state index contributed by atoms with van der Waals surface area (Å²) < 4.78 is 0. The first kappa shape index (κ1) is 12.3. The van der Waals surface area contributed by atoms with Crippen molar-refractivity contribution in [2.45, 2.75) is 26.2 Å². The molecule has 0 saturated carbocycles. The Morgan fingerprint density at radius 3 is 2.53 bits per heavy atom. The van der Waals surface area contributed by atoms with E-state index in [0.29, 0.717) is 5.70 Å². The summed E-state index contributed by atoms with van der Waals surface area (Å²) in [6, 6.07) is 0. The number of rotatable bonds is 4. The summed E-state index contributed by atoms with van der Waals surface area (Å²) in [6.07, 6.45) is 7.51. The van der Waals surface area contributed by atoms with Crippen LogP contribution in [0.3, 0.4) is 0 Å². The second-order valence-electron chi connectivity index (χ2n) is 3.64. The van der Waals surface area contributed by atoms with Crippen LogP contribution >= 0.6 is 11.8 Å².